The zero-order valence-corrected chi connectivity index (χ0v) is 9.68. The van der Waals surface area contributed by atoms with Gasteiger partial charge in [-0.3, -0.25) is 4.98 Å². The normalized spacial score (nSPS) is 10.0. The Labute approximate surface area is 99.2 Å². The first-order chi connectivity index (χ1) is 8.22. The highest BCUT2D eigenvalue weighted by Crippen LogP contribution is 2.29. The molecule has 0 unspecified atom stereocenters. The van der Waals surface area contributed by atoms with E-state index in [0.29, 0.717) is 11.4 Å². The molecule has 0 amide bonds. The molecule has 0 aliphatic heterocycles. The average molecular weight is 228 g/mol. The van der Waals surface area contributed by atoms with E-state index in [0.717, 1.165) is 16.8 Å². The van der Waals surface area contributed by atoms with E-state index in [-0.39, 0.29) is 0 Å². The van der Waals surface area contributed by atoms with Gasteiger partial charge in [-0.25, -0.2) is 0 Å². The molecule has 0 aliphatic rings. The number of aryl methyl sites for hydroxylation is 1. The molecule has 0 N–H and O–H groups in total. The van der Waals surface area contributed by atoms with Gasteiger partial charge in [0.25, 0.3) is 0 Å². The van der Waals surface area contributed by atoms with Crippen molar-refractivity contribution in [1.82, 2.24) is 4.98 Å². The minimum absolute atomic E-state index is 0.355. The number of pyridine rings is 1. The Morgan fingerprint density at radius 2 is 2.00 bits per heavy atom. The molecule has 0 saturated carbocycles. The minimum atomic E-state index is 0.355. The van der Waals surface area contributed by atoms with Crippen LogP contribution in [-0.4, -0.2) is 12.1 Å². The van der Waals surface area contributed by atoms with Crippen LogP contribution in [0.1, 0.15) is 5.69 Å². The maximum atomic E-state index is 10.6. The molecule has 1 aromatic carbocycles. The van der Waals surface area contributed by atoms with Crippen LogP contribution >= 0.6 is 0 Å². The first kappa shape index (κ1) is 11.3. The fourth-order valence-electron chi connectivity index (χ4n) is 1.65. The van der Waals surface area contributed by atoms with Crippen molar-refractivity contribution in [3.63, 3.8) is 0 Å². The van der Waals surface area contributed by atoms with Gasteiger partial charge in [0, 0.05) is 18.0 Å². The molecule has 4 heteroatoms. The van der Waals surface area contributed by atoms with Crippen LogP contribution in [0.2, 0.25) is 0 Å². The van der Waals surface area contributed by atoms with Gasteiger partial charge >= 0.3 is 0 Å². The molecular formula is C13H12N2O2. The summed E-state index contributed by atoms with van der Waals surface area (Å²) in [7, 11) is 1.56. The van der Waals surface area contributed by atoms with Gasteiger partial charge in [-0.1, -0.05) is 0 Å². The third-order valence-electron chi connectivity index (χ3n) is 2.46. The number of methoxy groups -OCH3 is 1. The highest BCUT2D eigenvalue weighted by atomic mass is 16.5. The van der Waals surface area contributed by atoms with Crippen molar-refractivity contribution in [1.29, 1.82) is 0 Å². The molecule has 0 fully saturated rings. The highest BCUT2D eigenvalue weighted by molar-refractivity contribution is 5.69. The summed E-state index contributed by atoms with van der Waals surface area (Å²) in [5.74, 6) is 0.617. The summed E-state index contributed by atoms with van der Waals surface area (Å²) in [5, 5.41) is 2.94. The van der Waals surface area contributed by atoms with Crippen LogP contribution in [0, 0.1) is 11.8 Å². The second-order valence-corrected chi connectivity index (χ2v) is 3.70. The molecule has 0 radical (unpaired) electrons. The number of benzene rings is 1. The number of hydrogen-bond donors (Lipinski definition) is 0. The van der Waals surface area contributed by atoms with Crippen molar-refractivity contribution >= 4 is 5.69 Å². The Morgan fingerprint density at radius 1 is 1.18 bits per heavy atom. The molecule has 0 spiro atoms. The summed E-state index contributed by atoms with van der Waals surface area (Å²) in [4.78, 5) is 14.7. The summed E-state index contributed by atoms with van der Waals surface area (Å²) < 4.78 is 5.13. The third-order valence-corrected chi connectivity index (χ3v) is 2.46. The Kier molecular flexibility index (Phi) is 3.14. The summed E-state index contributed by atoms with van der Waals surface area (Å²) in [6.45, 7) is 1.92. The van der Waals surface area contributed by atoms with Crippen molar-refractivity contribution in [2.24, 2.45) is 5.18 Å². The summed E-state index contributed by atoms with van der Waals surface area (Å²) in [6.07, 6.45) is 1.73. The number of ether oxygens (including phenoxy) is 1. The van der Waals surface area contributed by atoms with E-state index >= 15 is 0 Å². The van der Waals surface area contributed by atoms with Crippen LogP contribution in [0.15, 0.2) is 41.7 Å². The summed E-state index contributed by atoms with van der Waals surface area (Å²) in [6, 6.07) is 9.03. The molecule has 0 saturated heterocycles. The van der Waals surface area contributed by atoms with E-state index in [1.165, 1.54) is 0 Å². The Bertz CT molecular complexity index is 553. The van der Waals surface area contributed by atoms with Crippen molar-refractivity contribution in [3.05, 3.63) is 47.1 Å². The lowest BCUT2D eigenvalue weighted by Gasteiger charge is -2.06. The average Bonchev–Trinajstić information content (AvgIpc) is 2.38. The van der Waals surface area contributed by atoms with E-state index in [1.807, 2.05) is 25.1 Å². The predicted molar refractivity (Wildman–Crippen MR) is 66.4 cm³/mol. The van der Waals surface area contributed by atoms with Crippen molar-refractivity contribution in [2.75, 3.05) is 7.11 Å². The number of nitrogens with zero attached hydrogens (tertiary/aromatic N) is 2. The van der Waals surface area contributed by atoms with Gasteiger partial charge in [-0.2, -0.15) is 0 Å². The molecule has 1 heterocycles. The summed E-state index contributed by atoms with van der Waals surface area (Å²) in [5.41, 5.74) is 3.16. The molecule has 17 heavy (non-hydrogen) atoms. The fraction of sp³-hybridized carbons (Fsp3) is 0.154. The van der Waals surface area contributed by atoms with Gasteiger partial charge in [-0.05, 0) is 47.5 Å². The monoisotopic (exact) mass is 228 g/mol. The summed E-state index contributed by atoms with van der Waals surface area (Å²) >= 11 is 0. The van der Waals surface area contributed by atoms with Gasteiger partial charge in [0.1, 0.15) is 11.4 Å². The van der Waals surface area contributed by atoms with Gasteiger partial charge in [0.05, 0.1) is 7.11 Å². The van der Waals surface area contributed by atoms with E-state index in [1.54, 1.807) is 25.4 Å². The Morgan fingerprint density at radius 3 is 2.65 bits per heavy atom. The van der Waals surface area contributed by atoms with E-state index < -0.39 is 0 Å². The molecule has 2 rings (SSSR count). The van der Waals surface area contributed by atoms with Gasteiger partial charge < -0.3 is 4.74 Å². The first-order valence-corrected chi connectivity index (χ1v) is 5.18. The SMILES string of the molecule is COc1cc(N=O)cc(-c2ccnc(C)c2)c1. The maximum absolute atomic E-state index is 10.6. The lowest BCUT2D eigenvalue weighted by Crippen LogP contribution is -1.86. The van der Waals surface area contributed by atoms with Crippen LogP contribution < -0.4 is 4.74 Å². The molecule has 0 atom stereocenters. The van der Waals surface area contributed by atoms with Gasteiger partial charge in [-0.15, -0.1) is 4.91 Å². The lowest BCUT2D eigenvalue weighted by atomic mass is 10.1. The van der Waals surface area contributed by atoms with Crippen molar-refractivity contribution in [2.45, 2.75) is 6.92 Å². The zero-order valence-electron chi connectivity index (χ0n) is 9.68. The van der Waals surface area contributed by atoms with Crippen LogP contribution in [0.3, 0.4) is 0 Å². The van der Waals surface area contributed by atoms with E-state index in [2.05, 4.69) is 10.2 Å². The van der Waals surface area contributed by atoms with E-state index in [9.17, 15) is 4.91 Å². The number of hydrogen-bond acceptors (Lipinski definition) is 4. The molecule has 86 valence electrons. The molecule has 0 bridgehead atoms. The number of aromatic nitrogens is 1. The quantitative estimate of drug-likeness (QED) is 0.756. The Balaban J connectivity index is 2.54. The lowest BCUT2D eigenvalue weighted by molar-refractivity contribution is 0.415. The predicted octanol–water partition coefficient (Wildman–Crippen LogP) is 3.46. The minimum Gasteiger partial charge on any atom is -0.497 e. The topological polar surface area (TPSA) is 51.5 Å². The molecular weight excluding hydrogens is 216 g/mol. The second kappa shape index (κ2) is 4.74. The standard InChI is InChI=1S/C13H12N2O2/c1-9-5-10(3-4-14-9)11-6-12(15-16)8-13(7-11)17-2/h3-8H,1-2H3. The van der Waals surface area contributed by atoms with Gasteiger partial charge in [0.15, 0.2) is 0 Å². The number of nitroso groups, excluding NO2 is 1. The Hall–Kier alpha value is -2.23. The van der Waals surface area contributed by atoms with Crippen molar-refractivity contribution < 1.29 is 4.74 Å². The van der Waals surface area contributed by atoms with Crippen LogP contribution in [0.25, 0.3) is 11.1 Å². The first-order valence-electron chi connectivity index (χ1n) is 5.18. The zero-order chi connectivity index (χ0) is 12.3. The van der Waals surface area contributed by atoms with Crippen LogP contribution in [0.5, 0.6) is 5.75 Å². The van der Waals surface area contributed by atoms with Crippen molar-refractivity contribution in [3.8, 4) is 16.9 Å². The molecule has 4 nitrogen and oxygen atoms in total. The van der Waals surface area contributed by atoms with Crippen LogP contribution in [0.4, 0.5) is 5.69 Å². The van der Waals surface area contributed by atoms with Crippen LogP contribution in [-0.2, 0) is 0 Å². The van der Waals surface area contributed by atoms with Gasteiger partial charge in [0.2, 0.25) is 0 Å². The van der Waals surface area contributed by atoms with E-state index in [4.69, 9.17) is 4.74 Å². The molecule has 1 aromatic heterocycles. The highest BCUT2D eigenvalue weighted by Gasteiger charge is 2.04. The second-order valence-electron chi connectivity index (χ2n) is 3.70. The maximum Gasteiger partial charge on any atom is 0.121 e. The molecule has 2 aromatic rings. The third kappa shape index (κ3) is 2.47. The fourth-order valence-corrected chi connectivity index (χ4v) is 1.65. The largest absolute Gasteiger partial charge is 0.497 e. The number of rotatable bonds is 3. The smallest absolute Gasteiger partial charge is 0.121 e. The molecule has 0 aliphatic carbocycles.